The molecule has 2 rings (SSSR count). The Morgan fingerprint density at radius 2 is 2.24 bits per heavy atom. The minimum atomic E-state index is -0.287. The molecule has 0 aliphatic carbocycles. The maximum Gasteiger partial charge on any atom is 0.265 e. The van der Waals surface area contributed by atoms with Crippen LogP contribution >= 0.6 is 22.9 Å². The van der Waals surface area contributed by atoms with Crippen molar-refractivity contribution in [1.29, 1.82) is 0 Å². The van der Waals surface area contributed by atoms with Crippen LogP contribution < -0.4 is 11.1 Å². The number of aromatic nitrogens is 3. The van der Waals surface area contributed by atoms with Gasteiger partial charge in [-0.1, -0.05) is 0 Å². The summed E-state index contributed by atoms with van der Waals surface area (Å²) in [6.07, 6.45) is 0.599. The summed E-state index contributed by atoms with van der Waals surface area (Å²) < 4.78 is 1.28. The first-order valence-electron chi connectivity index (χ1n) is 4.98. The fourth-order valence-corrected chi connectivity index (χ4v) is 2.38. The van der Waals surface area contributed by atoms with Crippen LogP contribution in [0.15, 0.2) is 27.1 Å². The minimum Gasteiger partial charge on any atom is -0.268 e. The number of aromatic amines is 1. The van der Waals surface area contributed by atoms with Crippen molar-refractivity contribution >= 4 is 22.9 Å². The largest absolute Gasteiger partial charge is 0.268 e. The summed E-state index contributed by atoms with van der Waals surface area (Å²) in [4.78, 5) is 26.7. The Balaban J connectivity index is 2.09. The molecule has 17 heavy (non-hydrogen) atoms. The van der Waals surface area contributed by atoms with E-state index < -0.39 is 0 Å². The second-order valence-electron chi connectivity index (χ2n) is 3.42. The van der Waals surface area contributed by atoms with Crippen molar-refractivity contribution in [3.63, 3.8) is 0 Å². The zero-order valence-corrected chi connectivity index (χ0v) is 10.4. The molecule has 0 atom stereocenters. The van der Waals surface area contributed by atoms with Crippen LogP contribution in [0.5, 0.6) is 0 Å². The van der Waals surface area contributed by atoms with E-state index in [0.717, 1.165) is 10.7 Å². The van der Waals surface area contributed by atoms with E-state index in [4.69, 9.17) is 11.6 Å². The lowest BCUT2D eigenvalue weighted by Gasteiger charge is -2.02. The number of hydrogen-bond donors (Lipinski definition) is 1. The third-order valence-electron chi connectivity index (χ3n) is 2.17. The molecule has 90 valence electrons. The minimum absolute atomic E-state index is 0.223. The SMILES string of the molecule is O=c1ccc(=O)n(CCc2nc(CCl)cs2)[nH]1. The molecule has 0 spiro atoms. The van der Waals surface area contributed by atoms with E-state index in [9.17, 15) is 9.59 Å². The van der Waals surface area contributed by atoms with E-state index in [2.05, 4.69) is 10.1 Å². The topological polar surface area (TPSA) is 67.8 Å². The van der Waals surface area contributed by atoms with Crippen molar-refractivity contribution in [3.05, 3.63) is 48.9 Å². The average molecular weight is 272 g/mol. The smallest absolute Gasteiger partial charge is 0.265 e. The van der Waals surface area contributed by atoms with Crippen molar-refractivity contribution in [2.45, 2.75) is 18.8 Å². The predicted octanol–water partition coefficient (Wildman–Crippen LogP) is 0.975. The maximum absolute atomic E-state index is 11.4. The fourth-order valence-electron chi connectivity index (χ4n) is 1.36. The zero-order valence-electron chi connectivity index (χ0n) is 8.85. The second kappa shape index (κ2) is 5.29. The van der Waals surface area contributed by atoms with E-state index in [-0.39, 0.29) is 11.1 Å². The molecule has 0 saturated carbocycles. The fraction of sp³-hybridized carbons (Fsp3) is 0.300. The standard InChI is InChI=1S/C10H10ClN3O2S/c11-5-7-6-17-9(12-7)3-4-14-10(16)2-1-8(15)13-14/h1-2,6H,3-5H2,(H,13,15). The molecule has 1 N–H and O–H groups in total. The molecule has 0 aromatic carbocycles. The van der Waals surface area contributed by atoms with Crippen LogP contribution in [0.25, 0.3) is 0 Å². The summed E-state index contributed by atoms with van der Waals surface area (Å²) in [7, 11) is 0. The Bertz CT molecular complexity index is 616. The van der Waals surface area contributed by atoms with Crippen LogP contribution in [0, 0.1) is 0 Å². The lowest BCUT2D eigenvalue weighted by atomic mass is 10.4. The van der Waals surface area contributed by atoms with Gasteiger partial charge in [-0.3, -0.25) is 14.7 Å². The van der Waals surface area contributed by atoms with E-state index in [1.165, 1.54) is 28.2 Å². The van der Waals surface area contributed by atoms with Gasteiger partial charge in [-0.15, -0.1) is 22.9 Å². The van der Waals surface area contributed by atoms with Crippen molar-refractivity contribution in [2.75, 3.05) is 0 Å². The Kier molecular flexibility index (Phi) is 3.75. The first kappa shape index (κ1) is 12.1. The van der Waals surface area contributed by atoms with Gasteiger partial charge < -0.3 is 0 Å². The molecule has 0 unspecified atom stereocenters. The Morgan fingerprint density at radius 1 is 1.41 bits per heavy atom. The van der Waals surface area contributed by atoms with Crippen molar-refractivity contribution < 1.29 is 0 Å². The summed E-state index contributed by atoms with van der Waals surface area (Å²) in [5, 5.41) is 5.25. The van der Waals surface area contributed by atoms with Gasteiger partial charge >= 0.3 is 0 Å². The van der Waals surface area contributed by atoms with Crippen molar-refractivity contribution in [1.82, 2.24) is 14.8 Å². The maximum atomic E-state index is 11.4. The number of halogens is 1. The Morgan fingerprint density at radius 3 is 2.94 bits per heavy atom. The number of thiazole rings is 1. The molecule has 5 nitrogen and oxygen atoms in total. The van der Waals surface area contributed by atoms with Gasteiger partial charge in [-0.25, -0.2) is 9.67 Å². The summed E-state index contributed by atoms with van der Waals surface area (Å²) in [6.45, 7) is 0.407. The van der Waals surface area contributed by atoms with Gasteiger partial charge in [0.2, 0.25) is 0 Å². The molecule has 7 heteroatoms. The van der Waals surface area contributed by atoms with Crippen LogP contribution in [0.3, 0.4) is 0 Å². The molecule has 0 fully saturated rings. The molecule has 0 bridgehead atoms. The number of H-pyrrole nitrogens is 1. The van der Waals surface area contributed by atoms with E-state index in [1.54, 1.807) is 0 Å². The molecule has 0 aliphatic rings. The number of rotatable bonds is 4. The molecular formula is C10H10ClN3O2S. The van der Waals surface area contributed by atoms with Crippen molar-refractivity contribution in [3.8, 4) is 0 Å². The zero-order chi connectivity index (χ0) is 12.3. The first-order valence-corrected chi connectivity index (χ1v) is 6.40. The van der Waals surface area contributed by atoms with Gasteiger partial charge in [-0.05, 0) is 0 Å². The predicted molar refractivity (Wildman–Crippen MR) is 66.7 cm³/mol. The highest BCUT2D eigenvalue weighted by Crippen LogP contribution is 2.12. The molecule has 0 saturated heterocycles. The summed E-state index contributed by atoms with van der Waals surface area (Å²) in [5.41, 5.74) is 0.324. The highest BCUT2D eigenvalue weighted by molar-refractivity contribution is 7.09. The van der Waals surface area contributed by atoms with E-state index in [0.29, 0.717) is 18.8 Å². The van der Waals surface area contributed by atoms with E-state index in [1.807, 2.05) is 5.38 Å². The number of hydrogen-bond acceptors (Lipinski definition) is 4. The molecule has 2 aromatic rings. The Hall–Kier alpha value is -1.40. The third kappa shape index (κ3) is 3.04. The van der Waals surface area contributed by atoms with Crippen LogP contribution in [-0.4, -0.2) is 14.8 Å². The third-order valence-corrected chi connectivity index (χ3v) is 3.41. The number of nitrogens with zero attached hydrogens (tertiary/aromatic N) is 2. The van der Waals surface area contributed by atoms with Crippen LogP contribution in [0.4, 0.5) is 0 Å². The first-order chi connectivity index (χ1) is 8.19. The summed E-state index contributed by atoms with van der Waals surface area (Å²) >= 11 is 7.15. The molecule has 0 aliphatic heterocycles. The van der Waals surface area contributed by atoms with Gasteiger partial charge in [0.05, 0.1) is 16.6 Å². The van der Waals surface area contributed by atoms with E-state index >= 15 is 0 Å². The molecule has 2 heterocycles. The highest BCUT2D eigenvalue weighted by atomic mass is 35.5. The Labute approximate surface area is 106 Å². The monoisotopic (exact) mass is 271 g/mol. The molecule has 2 aromatic heterocycles. The normalized spacial score (nSPS) is 10.6. The van der Waals surface area contributed by atoms with Gasteiger partial charge in [0, 0.05) is 30.5 Å². The van der Waals surface area contributed by atoms with Crippen LogP contribution in [-0.2, 0) is 18.8 Å². The second-order valence-corrected chi connectivity index (χ2v) is 4.63. The van der Waals surface area contributed by atoms with Gasteiger partial charge in [0.15, 0.2) is 0 Å². The number of alkyl halides is 1. The average Bonchev–Trinajstić information content (AvgIpc) is 2.78. The lowest BCUT2D eigenvalue weighted by Crippen LogP contribution is -2.28. The van der Waals surface area contributed by atoms with Crippen LogP contribution in [0.1, 0.15) is 10.7 Å². The molecular weight excluding hydrogens is 262 g/mol. The highest BCUT2D eigenvalue weighted by Gasteiger charge is 2.02. The molecule has 0 amide bonds. The number of aryl methyl sites for hydroxylation is 2. The van der Waals surface area contributed by atoms with Gasteiger partial charge in [-0.2, -0.15) is 0 Å². The number of nitrogens with one attached hydrogen (secondary N) is 1. The lowest BCUT2D eigenvalue weighted by molar-refractivity contribution is 0.568. The van der Waals surface area contributed by atoms with Crippen molar-refractivity contribution in [2.24, 2.45) is 0 Å². The van der Waals surface area contributed by atoms with Crippen LogP contribution in [0.2, 0.25) is 0 Å². The summed E-state index contributed by atoms with van der Waals surface area (Å²) in [6, 6.07) is 2.47. The van der Waals surface area contributed by atoms with Gasteiger partial charge in [0.1, 0.15) is 0 Å². The summed E-state index contributed by atoms with van der Waals surface area (Å²) in [5.74, 6) is 0.388. The molecule has 0 radical (unpaired) electrons. The quantitative estimate of drug-likeness (QED) is 0.843. The van der Waals surface area contributed by atoms with Gasteiger partial charge in [0.25, 0.3) is 11.1 Å².